The van der Waals surface area contributed by atoms with Crippen LogP contribution in [-0.2, 0) is 9.57 Å². The van der Waals surface area contributed by atoms with E-state index in [0.29, 0.717) is 0 Å². The zero-order valence-electron chi connectivity index (χ0n) is 12.2. The molecule has 1 aromatic rings. The van der Waals surface area contributed by atoms with Crippen LogP contribution in [0.5, 0.6) is 0 Å². The maximum absolute atomic E-state index is 5.66. The Morgan fingerprint density at radius 3 is 2.43 bits per heavy atom. The van der Waals surface area contributed by atoms with Crippen molar-refractivity contribution in [3.63, 3.8) is 0 Å². The van der Waals surface area contributed by atoms with Crippen LogP contribution in [0.3, 0.4) is 0 Å². The first kappa shape index (κ1) is 16.6. The third kappa shape index (κ3) is 6.49. The molecule has 1 aromatic heterocycles. The smallest absolute Gasteiger partial charge is 0.253 e. The van der Waals surface area contributed by atoms with Crippen LogP contribution in [0.25, 0.3) is 0 Å². The summed E-state index contributed by atoms with van der Waals surface area (Å²) in [7, 11) is 1.49. The number of hydrogen-bond acceptors (Lipinski definition) is 6. The number of nitrogens with zero attached hydrogens (tertiary/aromatic N) is 4. The van der Waals surface area contributed by atoms with Crippen LogP contribution in [0.2, 0.25) is 0 Å². The zero-order valence-corrected chi connectivity index (χ0v) is 12.2. The quantitative estimate of drug-likeness (QED) is 0.289. The lowest BCUT2D eigenvalue weighted by Gasteiger charge is -2.13. The molecule has 0 radical (unpaired) electrons. The molecular weight excluding hydrogens is 276 g/mol. The lowest BCUT2D eigenvalue weighted by atomic mass is 10.4. The second-order valence-corrected chi connectivity index (χ2v) is 4.13. The number of hydroxylamine groups is 1. The van der Waals surface area contributed by atoms with Gasteiger partial charge in [-0.3, -0.25) is 0 Å². The van der Waals surface area contributed by atoms with Gasteiger partial charge < -0.3 is 21.9 Å². The van der Waals surface area contributed by atoms with Crippen LogP contribution in [0.4, 0.5) is 5.95 Å². The van der Waals surface area contributed by atoms with Gasteiger partial charge in [0.1, 0.15) is 0 Å². The molecule has 0 amide bonds. The summed E-state index contributed by atoms with van der Waals surface area (Å²) < 4.78 is 4.90. The van der Waals surface area contributed by atoms with Crippen LogP contribution in [0, 0.1) is 13.8 Å². The van der Waals surface area contributed by atoms with Crippen molar-refractivity contribution in [3.05, 3.63) is 17.5 Å². The Bertz CT molecular complexity index is 507. The molecule has 0 aliphatic rings. The minimum absolute atomic E-state index is 0.0353. The van der Waals surface area contributed by atoms with Crippen LogP contribution < -0.4 is 22.7 Å². The average Bonchev–Trinajstić information content (AvgIpc) is 2.34. The zero-order chi connectivity index (χ0) is 15.8. The van der Waals surface area contributed by atoms with Crippen molar-refractivity contribution in [1.82, 2.24) is 15.4 Å². The summed E-state index contributed by atoms with van der Waals surface area (Å²) in [6, 6.07) is 1.83. The highest BCUT2D eigenvalue weighted by atomic mass is 16.7. The molecule has 10 nitrogen and oxygen atoms in total. The molecule has 0 saturated carbocycles. The highest BCUT2D eigenvalue weighted by Crippen LogP contribution is 2.06. The van der Waals surface area contributed by atoms with Crippen molar-refractivity contribution in [2.24, 2.45) is 27.2 Å². The van der Waals surface area contributed by atoms with Crippen molar-refractivity contribution in [3.8, 4) is 0 Å². The predicted octanol–water partition coefficient (Wildman–Crippen LogP) is -1.19. The lowest BCUT2D eigenvalue weighted by Crippen LogP contribution is -2.37. The number of nitrogens with two attached hydrogens (primary N) is 3. The summed E-state index contributed by atoms with van der Waals surface area (Å²) >= 11 is 0. The first-order chi connectivity index (χ1) is 9.90. The SMILES string of the molecule is COCC(N=C(N)N)ONC(N)=Nc1nc(C)cc(C)n1. The fraction of sp³-hybridized carbons (Fsp3) is 0.455. The van der Waals surface area contributed by atoms with Crippen LogP contribution in [0.15, 0.2) is 16.1 Å². The molecule has 7 N–H and O–H groups in total. The Labute approximate surface area is 122 Å². The maximum atomic E-state index is 5.66. The van der Waals surface area contributed by atoms with Gasteiger partial charge in [-0.1, -0.05) is 0 Å². The molecule has 1 unspecified atom stereocenters. The Balaban J connectivity index is 2.68. The Hall–Kier alpha value is -2.46. The summed E-state index contributed by atoms with van der Waals surface area (Å²) in [5.74, 6) is 0.0603. The number of guanidine groups is 2. The molecular formula is C11H20N8O2. The topological polar surface area (TPSA) is 159 Å². The van der Waals surface area contributed by atoms with E-state index in [0.717, 1.165) is 11.4 Å². The van der Waals surface area contributed by atoms with E-state index in [2.05, 4.69) is 25.4 Å². The van der Waals surface area contributed by atoms with E-state index in [1.165, 1.54) is 7.11 Å². The minimum Gasteiger partial charge on any atom is -0.380 e. The van der Waals surface area contributed by atoms with Crippen molar-refractivity contribution < 1.29 is 9.57 Å². The predicted molar refractivity (Wildman–Crippen MR) is 78.5 cm³/mol. The van der Waals surface area contributed by atoms with Crippen molar-refractivity contribution in [2.75, 3.05) is 13.7 Å². The molecule has 1 rings (SSSR count). The van der Waals surface area contributed by atoms with Gasteiger partial charge in [0.2, 0.25) is 12.2 Å². The molecule has 116 valence electrons. The van der Waals surface area contributed by atoms with Crippen LogP contribution in [-0.4, -0.2) is 41.8 Å². The lowest BCUT2D eigenvalue weighted by molar-refractivity contribution is -0.0285. The normalized spacial score (nSPS) is 12.8. The number of aromatic nitrogens is 2. The monoisotopic (exact) mass is 296 g/mol. The maximum Gasteiger partial charge on any atom is 0.253 e. The fourth-order valence-corrected chi connectivity index (χ4v) is 1.42. The van der Waals surface area contributed by atoms with E-state index in [1.807, 2.05) is 19.9 Å². The van der Waals surface area contributed by atoms with Crippen LogP contribution >= 0.6 is 0 Å². The molecule has 0 bridgehead atoms. The molecule has 0 aliphatic heterocycles. The van der Waals surface area contributed by atoms with Gasteiger partial charge >= 0.3 is 0 Å². The van der Waals surface area contributed by atoms with Crippen LogP contribution in [0.1, 0.15) is 11.4 Å². The number of hydrogen-bond donors (Lipinski definition) is 4. The Morgan fingerprint density at radius 2 is 1.90 bits per heavy atom. The minimum atomic E-state index is -0.756. The van der Waals surface area contributed by atoms with E-state index in [4.69, 9.17) is 26.8 Å². The van der Waals surface area contributed by atoms with E-state index < -0.39 is 6.23 Å². The number of ether oxygens (including phenoxy) is 1. The number of aryl methyl sites for hydroxylation is 2. The molecule has 1 atom stereocenters. The molecule has 0 saturated heterocycles. The van der Waals surface area contributed by atoms with Crippen molar-refractivity contribution in [2.45, 2.75) is 20.1 Å². The fourth-order valence-electron chi connectivity index (χ4n) is 1.42. The number of aliphatic imine (C=N–C) groups is 2. The molecule has 1 heterocycles. The van der Waals surface area contributed by atoms with Crippen molar-refractivity contribution in [1.29, 1.82) is 0 Å². The number of methoxy groups -OCH3 is 1. The number of rotatable bonds is 6. The molecule has 21 heavy (non-hydrogen) atoms. The molecule has 0 fully saturated rings. The summed E-state index contributed by atoms with van der Waals surface area (Å²) in [6.07, 6.45) is -0.756. The van der Waals surface area contributed by atoms with E-state index in [1.54, 1.807) is 0 Å². The summed E-state index contributed by atoms with van der Waals surface area (Å²) in [5, 5.41) is 0. The molecule has 0 aliphatic carbocycles. The first-order valence-electron chi connectivity index (χ1n) is 6.06. The van der Waals surface area contributed by atoms with E-state index in [-0.39, 0.29) is 24.5 Å². The third-order valence-electron chi connectivity index (χ3n) is 2.09. The Kier molecular flexibility index (Phi) is 6.30. The van der Waals surface area contributed by atoms with Gasteiger partial charge in [0, 0.05) is 18.5 Å². The average molecular weight is 296 g/mol. The standard InChI is InChI=1S/C11H20N8O2/c1-6-4-7(2)16-11(15-6)18-10(14)19-21-8(5-20-3)17-9(12)13/h4,8H,5H2,1-3H3,(H4,12,13,17)(H3,14,15,16,18,19). The van der Waals surface area contributed by atoms with Gasteiger partial charge in [0.05, 0.1) is 6.61 Å². The van der Waals surface area contributed by atoms with Gasteiger partial charge in [0.15, 0.2) is 5.96 Å². The number of nitrogens with one attached hydrogen (secondary N) is 1. The second kappa shape index (κ2) is 7.97. The summed E-state index contributed by atoms with van der Waals surface area (Å²) in [5.41, 5.74) is 20.2. The third-order valence-corrected chi connectivity index (χ3v) is 2.09. The van der Waals surface area contributed by atoms with E-state index in [9.17, 15) is 0 Å². The summed E-state index contributed by atoms with van der Waals surface area (Å²) in [4.78, 5) is 21.2. The largest absolute Gasteiger partial charge is 0.380 e. The molecule has 10 heteroatoms. The highest BCUT2D eigenvalue weighted by molar-refractivity contribution is 5.79. The van der Waals surface area contributed by atoms with E-state index >= 15 is 0 Å². The highest BCUT2D eigenvalue weighted by Gasteiger charge is 2.08. The molecule has 0 spiro atoms. The van der Waals surface area contributed by atoms with Crippen molar-refractivity contribution >= 4 is 17.9 Å². The first-order valence-corrected chi connectivity index (χ1v) is 6.06. The van der Waals surface area contributed by atoms with Gasteiger partial charge in [-0.05, 0) is 19.9 Å². The van der Waals surface area contributed by atoms with Gasteiger partial charge in [-0.25, -0.2) is 25.3 Å². The summed E-state index contributed by atoms with van der Waals surface area (Å²) in [6.45, 7) is 3.81. The second-order valence-electron chi connectivity index (χ2n) is 4.13. The van der Waals surface area contributed by atoms with Gasteiger partial charge in [-0.15, -0.1) is 0 Å². The Morgan fingerprint density at radius 1 is 1.29 bits per heavy atom. The van der Waals surface area contributed by atoms with Gasteiger partial charge in [-0.2, -0.15) is 4.99 Å². The van der Waals surface area contributed by atoms with Gasteiger partial charge in [0.25, 0.3) is 5.95 Å². The molecule has 0 aromatic carbocycles.